The van der Waals surface area contributed by atoms with Crippen LogP contribution in [0.4, 0.5) is 4.69 Å². The number of esters is 1. The predicted octanol–water partition coefficient (Wildman–Crippen LogP) is 4.04. The van der Waals surface area contributed by atoms with Crippen LogP contribution in [0.2, 0.25) is 0 Å². The van der Waals surface area contributed by atoms with Crippen LogP contribution in [-0.4, -0.2) is 31.2 Å². The van der Waals surface area contributed by atoms with Crippen molar-refractivity contribution in [2.45, 2.75) is 12.5 Å². The van der Waals surface area contributed by atoms with Crippen LogP contribution in [0.1, 0.15) is 23.6 Å². The van der Waals surface area contributed by atoms with Crippen molar-refractivity contribution in [2.75, 3.05) is 5.32 Å². The van der Waals surface area contributed by atoms with Gasteiger partial charge in [0.25, 0.3) is 0 Å². The van der Waals surface area contributed by atoms with E-state index < -0.39 is 17.3 Å². The summed E-state index contributed by atoms with van der Waals surface area (Å²) < 4.78 is 5.80. The third-order valence-corrected chi connectivity index (χ3v) is 6.43. The van der Waals surface area contributed by atoms with Gasteiger partial charge in [0.15, 0.2) is 0 Å². The van der Waals surface area contributed by atoms with Crippen LogP contribution in [0.3, 0.4) is 0 Å². The number of carbonyl (C=O) groups is 2. The fourth-order valence-electron chi connectivity index (χ4n) is 3.47. The Balaban J connectivity index is 1.84. The Bertz CT molecular complexity index is 1080. The third kappa shape index (κ3) is 4.36. The molecule has 0 saturated heterocycles. The number of hydrogen-bond acceptors (Lipinski definition) is 5. The van der Waals surface area contributed by atoms with E-state index in [4.69, 9.17) is 4.74 Å². The molecule has 0 aliphatic rings. The first-order valence-electron chi connectivity index (χ1n) is 9.72. The number of ketones is 1. The Kier molecular flexibility index (Phi) is 6.12. The summed E-state index contributed by atoms with van der Waals surface area (Å²) in [5, 5.41) is 3.66. The van der Waals surface area contributed by atoms with Crippen molar-refractivity contribution in [3.63, 3.8) is 0 Å². The molecule has 31 heavy (non-hydrogen) atoms. The summed E-state index contributed by atoms with van der Waals surface area (Å²) in [5.74, 6) is -1.41. The molecule has 5 nitrogen and oxygen atoms in total. The zero-order valence-corrected chi connectivity index (χ0v) is 18.5. The van der Waals surface area contributed by atoms with Crippen molar-refractivity contribution >= 4 is 30.9 Å². The molecule has 0 saturated carbocycles. The molecule has 0 fully saturated rings. The van der Waals surface area contributed by atoms with Gasteiger partial charge < -0.3 is 0 Å². The normalized spacial score (nSPS) is 11.0. The maximum absolute atomic E-state index is 11.7. The summed E-state index contributed by atoms with van der Waals surface area (Å²) in [7, 11) is 0. The molecule has 0 aliphatic carbocycles. The number of benzene rings is 3. The topological polar surface area (TPSA) is 68.3 Å². The van der Waals surface area contributed by atoms with E-state index in [1.807, 2.05) is 54.6 Å². The standard InChI is InChI=1S/C25H20N2O3Se/c1-18(28)23(29)30-22-17-31-24(26-22)27-25(19-11-5-2-6-12-19,20-13-7-3-8-14-20)21-15-9-4-10-16-21/h2-17H,1H3,(H,26,27). The molecule has 0 unspecified atom stereocenters. The van der Waals surface area contributed by atoms with E-state index >= 15 is 0 Å². The van der Waals surface area contributed by atoms with E-state index in [0.717, 1.165) is 16.7 Å². The average Bonchev–Trinajstić information content (AvgIpc) is 3.25. The number of rotatable bonds is 7. The van der Waals surface area contributed by atoms with Crippen molar-refractivity contribution in [1.29, 1.82) is 0 Å². The van der Waals surface area contributed by atoms with Crippen LogP contribution < -0.4 is 10.1 Å². The fourth-order valence-corrected chi connectivity index (χ4v) is 4.87. The van der Waals surface area contributed by atoms with Gasteiger partial charge in [-0.1, -0.05) is 0 Å². The minimum atomic E-state index is -0.910. The van der Waals surface area contributed by atoms with E-state index in [1.165, 1.54) is 6.92 Å². The van der Waals surface area contributed by atoms with Crippen molar-refractivity contribution in [3.05, 3.63) is 113 Å². The zero-order chi connectivity index (χ0) is 21.7. The average molecular weight is 475 g/mol. The number of nitrogens with one attached hydrogen (secondary N) is 1. The first-order chi connectivity index (χ1) is 15.1. The third-order valence-electron chi connectivity index (χ3n) is 4.88. The quantitative estimate of drug-likeness (QED) is 0.189. The molecule has 1 aromatic heterocycles. The van der Waals surface area contributed by atoms with Crippen LogP contribution in [0, 0.1) is 0 Å². The fraction of sp³-hybridized carbons (Fsp3) is 0.0800. The van der Waals surface area contributed by atoms with Gasteiger partial charge in [-0.3, -0.25) is 0 Å². The van der Waals surface area contributed by atoms with Crippen LogP contribution in [-0.2, 0) is 15.1 Å². The number of Topliss-reactive ketones (excluding diaryl/α,β-unsaturated/α-hetero) is 1. The van der Waals surface area contributed by atoms with E-state index in [0.29, 0.717) is 4.69 Å². The zero-order valence-electron chi connectivity index (χ0n) is 16.8. The molecule has 4 rings (SSSR count). The van der Waals surface area contributed by atoms with Gasteiger partial charge in [-0.25, -0.2) is 0 Å². The molecule has 0 radical (unpaired) electrons. The van der Waals surface area contributed by atoms with Gasteiger partial charge in [0.1, 0.15) is 0 Å². The molecule has 0 spiro atoms. The molecule has 0 bridgehead atoms. The molecule has 4 aromatic rings. The Hall–Kier alpha value is -3.47. The van der Waals surface area contributed by atoms with Gasteiger partial charge in [0.05, 0.1) is 0 Å². The summed E-state index contributed by atoms with van der Waals surface area (Å²) in [6, 6.07) is 30.5. The summed E-state index contributed by atoms with van der Waals surface area (Å²) >= 11 is -0.185. The van der Waals surface area contributed by atoms with E-state index in [9.17, 15) is 9.59 Å². The number of carbonyl (C=O) groups excluding carboxylic acids is 2. The Labute approximate surface area is 186 Å². The number of nitrogens with zero attached hydrogens (tertiary/aromatic N) is 1. The van der Waals surface area contributed by atoms with Gasteiger partial charge in [-0.05, 0) is 0 Å². The second-order valence-electron chi connectivity index (χ2n) is 6.91. The monoisotopic (exact) mass is 476 g/mol. The second-order valence-corrected chi connectivity index (χ2v) is 8.71. The van der Waals surface area contributed by atoms with Gasteiger partial charge >= 0.3 is 187 Å². The molecule has 0 aliphatic heterocycles. The number of aromatic nitrogens is 1. The van der Waals surface area contributed by atoms with Gasteiger partial charge in [0, 0.05) is 0 Å². The van der Waals surface area contributed by atoms with Crippen molar-refractivity contribution in [3.8, 4) is 5.88 Å². The van der Waals surface area contributed by atoms with Crippen molar-refractivity contribution in [1.82, 2.24) is 4.98 Å². The number of hydrogen-bond donors (Lipinski definition) is 1. The van der Waals surface area contributed by atoms with Gasteiger partial charge in [0.2, 0.25) is 0 Å². The number of ether oxygens (including phenoxy) is 1. The van der Waals surface area contributed by atoms with Gasteiger partial charge in [-0.2, -0.15) is 0 Å². The summed E-state index contributed by atoms with van der Waals surface area (Å²) in [5.41, 5.74) is 2.47. The molecule has 3 aromatic carbocycles. The minimum absolute atomic E-state index is 0.158. The van der Waals surface area contributed by atoms with E-state index in [-0.39, 0.29) is 20.4 Å². The van der Waals surface area contributed by atoms with Crippen molar-refractivity contribution in [2.24, 2.45) is 0 Å². The Morgan fingerprint density at radius 1 is 0.806 bits per heavy atom. The van der Waals surface area contributed by atoms with E-state index in [2.05, 4.69) is 46.7 Å². The van der Waals surface area contributed by atoms with E-state index in [1.54, 1.807) is 4.94 Å². The molecule has 154 valence electrons. The molecule has 1 N–H and O–H groups in total. The van der Waals surface area contributed by atoms with Crippen LogP contribution >= 0.6 is 0 Å². The van der Waals surface area contributed by atoms with Crippen LogP contribution in [0.15, 0.2) is 95.9 Å². The Morgan fingerprint density at radius 3 is 1.68 bits per heavy atom. The summed E-state index contributed by atoms with van der Waals surface area (Å²) in [4.78, 5) is 29.1. The predicted molar refractivity (Wildman–Crippen MR) is 120 cm³/mol. The molecule has 0 amide bonds. The summed E-state index contributed by atoms with van der Waals surface area (Å²) in [6.45, 7) is 1.18. The molecular formula is C25H20N2O3Se. The van der Waals surface area contributed by atoms with Gasteiger partial charge in [-0.15, -0.1) is 0 Å². The SMILES string of the molecule is CC(=O)C(=O)Oc1c[se]c(NC(c2ccccc2)(c2ccccc2)c2ccccc2)n1. The first kappa shape index (κ1) is 20.8. The van der Waals surface area contributed by atoms with Crippen LogP contribution in [0.25, 0.3) is 0 Å². The van der Waals surface area contributed by atoms with Crippen molar-refractivity contribution < 1.29 is 14.3 Å². The maximum atomic E-state index is 11.7. The molecule has 0 atom stereocenters. The first-order valence-corrected chi connectivity index (χ1v) is 11.6. The molecule has 1 heterocycles. The second kappa shape index (κ2) is 9.13. The molecule has 6 heteroatoms. The summed E-state index contributed by atoms with van der Waals surface area (Å²) in [6.07, 6.45) is 0. The van der Waals surface area contributed by atoms with Crippen LogP contribution in [0.5, 0.6) is 5.88 Å². The Morgan fingerprint density at radius 2 is 1.26 bits per heavy atom. The number of anilines is 1. The molecular weight excluding hydrogens is 455 g/mol.